The fourth-order valence-electron chi connectivity index (χ4n) is 3.30. The predicted molar refractivity (Wildman–Crippen MR) is 71.6 cm³/mol. The first-order valence-corrected chi connectivity index (χ1v) is 6.67. The second-order valence-electron chi connectivity index (χ2n) is 5.80. The number of carbonyl (C=O) groups excluding carboxylic acids is 1. The van der Waals surface area contributed by atoms with Gasteiger partial charge >= 0.3 is 0 Å². The van der Waals surface area contributed by atoms with E-state index in [1.54, 1.807) is 12.4 Å². The lowest BCUT2D eigenvalue weighted by Crippen LogP contribution is -2.54. The van der Waals surface area contributed by atoms with E-state index in [1.165, 1.54) is 0 Å². The Bertz CT molecular complexity index is 631. The molecule has 2 atom stereocenters. The van der Waals surface area contributed by atoms with Crippen LogP contribution in [0.5, 0.6) is 0 Å². The molecule has 2 aromatic rings. The molecular weight excluding hydrogens is 240 g/mol. The van der Waals surface area contributed by atoms with Crippen molar-refractivity contribution in [3.63, 3.8) is 0 Å². The van der Waals surface area contributed by atoms with Crippen molar-refractivity contribution in [3.05, 3.63) is 30.2 Å². The van der Waals surface area contributed by atoms with E-state index in [0.29, 0.717) is 18.2 Å². The van der Waals surface area contributed by atoms with Crippen molar-refractivity contribution < 1.29 is 4.79 Å². The van der Waals surface area contributed by atoms with E-state index in [-0.39, 0.29) is 11.4 Å². The number of nitrogens with one attached hydrogen (secondary N) is 1. The summed E-state index contributed by atoms with van der Waals surface area (Å²) in [7, 11) is 0. The summed E-state index contributed by atoms with van der Waals surface area (Å²) in [5, 5.41) is 0.968. The molecule has 0 bridgehead atoms. The van der Waals surface area contributed by atoms with Gasteiger partial charge in [0.15, 0.2) is 0 Å². The van der Waals surface area contributed by atoms with Crippen LogP contribution in [0.15, 0.2) is 24.5 Å². The molecule has 2 aromatic heterocycles. The highest BCUT2D eigenvalue weighted by atomic mass is 16.2. The van der Waals surface area contributed by atoms with Gasteiger partial charge in [-0.05, 0) is 30.9 Å². The third kappa shape index (κ3) is 1.51. The van der Waals surface area contributed by atoms with Crippen molar-refractivity contribution in [1.82, 2.24) is 14.9 Å². The summed E-state index contributed by atoms with van der Waals surface area (Å²) < 4.78 is 0. The monoisotopic (exact) mass is 256 g/mol. The Balaban J connectivity index is 1.63. The zero-order valence-electron chi connectivity index (χ0n) is 10.6. The lowest BCUT2D eigenvalue weighted by molar-refractivity contribution is 0.0780. The molecule has 3 N–H and O–H groups in total. The van der Waals surface area contributed by atoms with Crippen LogP contribution < -0.4 is 5.73 Å². The Morgan fingerprint density at radius 2 is 2.47 bits per heavy atom. The summed E-state index contributed by atoms with van der Waals surface area (Å²) >= 11 is 0. The van der Waals surface area contributed by atoms with Crippen molar-refractivity contribution in [2.45, 2.75) is 18.4 Å². The number of fused-ring (bicyclic) bond motifs is 2. The maximum atomic E-state index is 12.5. The number of pyridine rings is 1. The topological polar surface area (TPSA) is 75.0 Å². The van der Waals surface area contributed by atoms with Crippen LogP contribution in [0.25, 0.3) is 10.9 Å². The first kappa shape index (κ1) is 11.0. The molecule has 19 heavy (non-hydrogen) atoms. The molecule has 2 fully saturated rings. The first-order chi connectivity index (χ1) is 9.16. The molecule has 3 heterocycles. The molecule has 5 heteroatoms. The van der Waals surface area contributed by atoms with Crippen molar-refractivity contribution in [1.29, 1.82) is 0 Å². The number of aromatic nitrogens is 2. The maximum Gasteiger partial charge on any atom is 0.270 e. The molecule has 0 radical (unpaired) electrons. The van der Waals surface area contributed by atoms with Crippen LogP contribution in [0.4, 0.5) is 0 Å². The van der Waals surface area contributed by atoms with Crippen LogP contribution in [0.2, 0.25) is 0 Å². The minimum absolute atomic E-state index is 0.0513. The van der Waals surface area contributed by atoms with Gasteiger partial charge in [-0.2, -0.15) is 0 Å². The van der Waals surface area contributed by atoms with Gasteiger partial charge in [-0.1, -0.05) is 0 Å². The van der Waals surface area contributed by atoms with Crippen molar-refractivity contribution in [2.24, 2.45) is 11.7 Å². The molecule has 0 spiro atoms. The Hall–Kier alpha value is -1.88. The second kappa shape index (κ2) is 3.57. The fourth-order valence-corrected chi connectivity index (χ4v) is 3.30. The smallest absolute Gasteiger partial charge is 0.270 e. The zero-order valence-corrected chi connectivity index (χ0v) is 10.6. The fraction of sp³-hybridized carbons (Fsp3) is 0.429. The average Bonchev–Trinajstić information content (AvgIpc) is 2.93. The minimum atomic E-state index is -0.122. The minimum Gasteiger partial charge on any atom is -0.350 e. The van der Waals surface area contributed by atoms with Crippen LogP contribution in [0, 0.1) is 5.92 Å². The van der Waals surface area contributed by atoms with E-state index in [9.17, 15) is 4.79 Å². The lowest BCUT2D eigenvalue weighted by Gasteiger charge is -2.39. The van der Waals surface area contributed by atoms with Crippen molar-refractivity contribution in [3.8, 4) is 0 Å². The molecule has 2 aliphatic rings. The van der Waals surface area contributed by atoms with Crippen molar-refractivity contribution in [2.75, 3.05) is 13.1 Å². The molecule has 1 aliphatic carbocycles. The molecule has 1 saturated carbocycles. The maximum absolute atomic E-state index is 12.5. The third-order valence-electron chi connectivity index (χ3n) is 4.64. The number of nitrogens with zero attached hydrogens (tertiary/aromatic N) is 2. The summed E-state index contributed by atoms with van der Waals surface area (Å²) in [5.74, 6) is 0.540. The average molecular weight is 256 g/mol. The van der Waals surface area contributed by atoms with Gasteiger partial charge in [0.05, 0.1) is 0 Å². The van der Waals surface area contributed by atoms with Crippen LogP contribution in [0.3, 0.4) is 0 Å². The normalized spacial score (nSPS) is 29.3. The number of hydrogen-bond acceptors (Lipinski definition) is 3. The Kier molecular flexibility index (Phi) is 2.07. The summed E-state index contributed by atoms with van der Waals surface area (Å²) in [6.45, 7) is 1.48. The van der Waals surface area contributed by atoms with Crippen molar-refractivity contribution >= 4 is 16.8 Å². The number of rotatable bonds is 1. The van der Waals surface area contributed by atoms with E-state index < -0.39 is 0 Å². The predicted octanol–water partition coefficient (Wildman–Crippen LogP) is 1.13. The SMILES string of the molecule is N[C@]12CC[C@H]1CN(C(=O)c1cc3cnccc3[nH]1)C2. The van der Waals surface area contributed by atoms with Gasteiger partial charge in [-0.3, -0.25) is 9.78 Å². The number of likely N-dealkylation sites (tertiary alicyclic amines) is 1. The third-order valence-corrected chi connectivity index (χ3v) is 4.64. The number of carbonyl (C=O) groups is 1. The summed E-state index contributed by atoms with van der Waals surface area (Å²) in [4.78, 5) is 21.6. The zero-order chi connectivity index (χ0) is 13.0. The molecule has 4 rings (SSSR count). The number of aromatic amines is 1. The molecule has 0 unspecified atom stereocenters. The van der Waals surface area contributed by atoms with Gasteiger partial charge in [0.2, 0.25) is 0 Å². The molecular formula is C14H16N4O. The van der Waals surface area contributed by atoms with Gasteiger partial charge in [0.25, 0.3) is 5.91 Å². The molecule has 1 amide bonds. The Morgan fingerprint density at radius 3 is 3.11 bits per heavy atom. The summed E-state index contributed by atoms with van der Waals surface area (Å²) in [6.07, 6.45) is 5.67. The molecule has 5 nitrogen and oxygen atoms in total. The largest absolute Gasteiger partial charge is 0.350 e. The molecule has 1 saturated heterocycles. The van der Waals surface area contributed by atoms with E-state index in [4.69, 9.17) is 5.73 Å². The summed E-state index contributed by atoms with van der Waals surface area (Å²) in [6, 6.07) is 3.75. The highest BCUT2D eigenvalue weighted by molar-refractivity contribution is 5.98. The van der Waals surface area contributed by atoms with Crippen LogP contribution >= 0.6 is 0 Å². The first-order valence-electron chi connectivity index (χ1n) is 6.67. The van der Waals surface area contributed by atoms with Gasteiger partial charge in [-0.25, -0.2) is 0 Å². The number of H-pyrrole nitrogens is 1. The van der Waals surface area contributed by atoms with Gasteiger partial charge in [-0.15, -0.1) is 0 Å². The molecule has 98 valence electrons. The number of hydrogen-bond donors (Lipinski definition) is 2. The van der Waals surface area contributed by atoms with E-state index in [0.717, 1.165) is 30.3 Å². The van der Waals surface area contributed by atoms with E-state index >= 15 is 0 Å². The highest BCUT2D eigenvalue weighted by Crippen LogP contribution is 2.42. The molecule has 0 aromatic carbocycles. The van der Waals surface area contributed by atoms with Crippen LogP contribution in [-0.4, -0.2) is 39.4 Å². The Labute approximate surface area is 110 Å². The standard InChI is InChI=1S/C14H16N4O/c15-14-3-1-10(14)7-18(8-14)13(19)12-5-9-6-16-4-2-11(9)17-12/h2,4-6,10,17H,1,3,7-8,15H2/t10-,14-/m0/s1. The second-order valence-corrected chi connectivity index (χ2v) is 5.80. The highest BCUT2D eigenvalue weighted by Gasteiger charge is 2.51. The Morgan fingerprint density at radius 1 is 1.58 bits per heavy atom. The summed E-state index contributed by atoms with van der Waals surface area (Å²) in [5.41, 5.74) is 7.73. The van der Waals surface area contributed by atoms with Gasteiger partial charge in [0, 0.05) is 41.9 Å². The number of amides is 1. The van der Waals surface area contributed by atoms with Gasteiger partial charge < -0.3 is 15.6 Å². The number of nitrogens with two attached hydrogens (primary N) is 1. The van der Waals surface area contributed by atoms with E-state index in [1.807, 2.05) is 17.0 Å². The molecule has 1 aliphatic heterocycles. The van der Waals surface area contributed by atoms with Gasteiger partial charge in [0.1, 0.15) is 5.69 Å². The van der Waals surface area contributed by atoms with Crippen LogP contribution in [0.1, 0.15) is 23.3 Å². The quantitative estimate of drug-likeness (QED) is 0.803. The lowest BCUT2D eigenvalue weighted by atomic mass is 9.70. The van der Waals surface area contributed by atoms with E-state index in [2.05, 4.69) is 9.97 Å². The van der Waals surface area contributed by atoms with Crippen LogP contribution in [-0.2, 0) is 0 Å².